The zero-order chi connectivity index (χ0) is 18.8. The lowest BCUT2D eigenvalue weighted by Gasteiger charge is -2.37. The van der Waals surface area contributed by atoms with Gasteiger partial charge in [0.05, 0.1) is 18.6 Å². The van der Waals surface area contributed by atoms with Crippen LogP contribution in [0.3, 0.4) is 0 Å². The Bertz CT molecular complexity index is 767. The van der Waals surface area contributed by atoms with Crippen molar-refractivity contribution in [3.63, 3.8) is 0 Å². The van der Waals surface area contributed by atoms with Gasteiger partial charge in [-0.1, -0.05) is 0 Å². The molecule has 144 valence electrons. The van der Waals surface area contributed by atoms with E-state index in [0.717, 1.165) is 31.5 Å². The minimum Gasteiger partial charge on any atom is -0.384 e. The predicted molar refractivity (Wildman–Crippen MR) is 101 cm³/mol. The van der Waals surface area contributed by atoms with E-state index in [2.05, 4.69) is 10.6 Å². The van der Waals surface area contributed by atoms with Crippen molar-refractivity contribution in [3.05, 3.63) is 29.3 Å². The highest BCUT2D eigenvalue weighted by atomic mass is 32.2. The van der Waals surface area contributed by atoms with Crippen LogP contribution in [0.15, 0.2) is 18.2 Å². The Kier molecular flexibility index (Phi) is 5.55. The molecule has 2 aliphatic heterocycles. The molecule has 2 N–H and O–H groups in total. The number of fused-ring (bicyclic) bond motifs is 1. The van der Waals surface area contributed by atoms with E-state index < -0.39 is 10.0 Å². The second kappa shape index (κ2) is 7.54. The van der Waals surface area contributed by atoms with Crippen molar-refractivity contribution in [3.8, 4) is 0 Å². The zero-order valence-corrected chi connectivity index (χ0v) is 16.2. The van der Waals surface area contributed by atoms with Crippen molar-refractivity contribution in [1.82, 2.24) is 10.6 Å². The molecule has 26 heavy (non-hydrogen) atoms. The average Bonchev–Trinajstić information content (AvgIpc) is 3.04. The molecule has 3 rings (SSSR count). The van der Waals surface area contributed by atoms with Gasteiger partial charge in [-0.2, -0.15) is 0 Å². The van der Waals surface area contributed by atoms with Crippen molar-refractivity contribution >= 4 is 21.6 Å². The van der Waals surface area contributed by atoms with Crippen LogP contribution >= 0.6 is 0 Å². The number of hydrogen-bond donors (Lipinski definition) is 2. The fourth-order valence-electron chi connectivity index (χ4n) is 3.86. The summed E-state index contributed by atoms with van der Waals surface area (Å²) in [7, 11) is -1.58. The number of methoxy groups -OCH3 is 1. The van der Waals surface area contributed by atoms with E-state index in [1.54, 1.807) is 25.3 Å². The molecule has 2 heterocycles. The molecule has 0 spiro atoms. The van der Waals surface area contributed by atoms with E-state index in [0.29, 0.717) is 37.4 Å². The third-order valence-corrected chi connectivity index (χ3v) is 6.51. The molecule has 1 fully saturated rings. The van der Waals surface area contributed by atoms with Crippen LogP contribution in [0.4, 0.5) is 5.69 Å². The summed E-state index contributed by atoms with van der Waals surface area (Å²) in [6.45, 7) is 3.50. The first kappa shape index (κ1) is 19.1. The number of nitrogens with one attached hydrogen (secondary N) is 2. The summed E-state index contributed by atoms with van der Waals surface area (Å²) in [4.78, 5) is 12.6. The number of piperidine rings is 1. The number of rotatable bonds is 6. The molecular weight excluding hydrogens is 354 g/mol. The number of nitrogens with zero attached hydrogens (tertiary/aromatic N) is 1. The molecule has 1 saturated heterocycles. The largest absolute Gasteiger partial charge is 0.384 e. The fraction of sp³-hybridized carbons (Fsp3) is 0.611. The highest BCUT2D eigenvalue weighted by Crippen LogP contribution is 2.31. The normalized spacial score (nSPS) is 19.2. The maximum atomic E-state index is 12.6. The zero-order valence-electron chi connectivity index (χ0n) is 15.4. The average molecular weight is 381 g/mol. The van der Waals surface area contributed by atoms with E-state index in [1.165, 1.54) is 10.6 Å². The highest BCUT2D eigenvalue weighted by Gasteiger charge is 2.33. The molecule has 2 aliphatic rings. The Balaban J connectivity index is 1.69. The number of benzene rings is 1. The Labute approximate surface area is 155 Å². The van der Waals surface area contributed by atoms with Gasteiger partial charge in [-0.15, -0.1) is 0 Å². The van der Waals surface area contributed by atoms with Crippen molar-refractivity contribution in [2.45, 2.75) is 19.3 Å². The molecule has 1 amide bonds. The van der Waals surface area contributed by atoms with Crippen LogP contribution in [0.25, 0.3) is 0 Å². The predicted octanol–water partition coefficient (Wildman–Crippen LogP) is 0.755. The summed E-state index contributed by atoms with van der Waals surface area (Å²) < 4.78 is 30.4. The second-order valence-electron chi connectivity index (χ2n) is 7.29. The van der Waals surface area contributed by atoms with Crippen LogP contribution in [0.2, 0.25) is 0 Å². The van der Waals surface area contributed by atoms with Gasteiger partial charge in [-0.25, -0.2) is 8.42 Å². The number of amides is 1. The first-order valence-electron chi connectivity index (χ1n) is 8.93. The molecule has 0 aliphatic carbocycles. The lowest BCUT2D eigenvalue weighted by atomic mass is 9.79. The second-order valence-corrected chi connectivity index (χ2v) is 9.20. The Morgan fingerprint density at radius 2 is 2.08 bits per heavy atom. The topological polar surface area (TPSA) is 87.7 Å². The van der Waals surface area contributed by atoms with Gasteiger partial charge in [0.1, 0.15) is 0 Å². The van der Waals surface area contributed by atoms with E-state index in [9.17, 15) is 13.2 Å². The molecule has 0 unspecified atom stereocenters. The van der Waals surface area contributed by atoms with Gasteiger partial charge in [0.15, 0.2) is 0 Å². The Morgan fingerprint density at radius 1 is 1.35 bits per heavy atom. The highest BCUT2D eigenvalue weighted by molar-refractivity contribution is 7.92. The van der Waals surface area contributed by atoms with Crippen LogP contribution in [-0.2, 0) is 21.2 Å². The third-order valence-electron chi connectivity index (χ3n) is 5.33. The first-order chi connectivity index (χ1) is 12.3. The van der Waals surface area contributed by atoms with E-state index >= 15 is 0 Å². The molecule has 8 heteroatoms. The molecular formula is C18H27N3O4S. The van der Waals surface area contributed by atoms with Crippen molar-refractivity contribution in [1.29, 1.82) is 0 Å². The number of ether oxygens (including phenoxy) is 1. The van der Waals surface area contributed by atoms with Crippen LogP contribution < -0.4 is 14.9 Å². The van der Waals surface area contributed by atoms with Gasteiger partial charge in [0.25, 0.3) is 5.91 Å². The molecule has 0 saturated carbocycles. The first-order valence-corrected chi connectivity index (χ1v) is 10.8. The molecule has 7 nitrogen and oxygen atoms in total. The van der Waals surface area contributed by atoms with Crippen molar-refractivity contribution in [2.75, 3.05) is 50.5 Å². The quantitative estimate of drug-likeness (QED) is 0.759. The summed E-state index contributed by atoms with van der Waals surface area (Å²) in [5.41, 5.74) is 2.12. The SMILES string of the molecule is COCC1(CNC(=O)c2ccc3c(c2)CCN3S(C)(=O)=O)CCNCC1. The number of sulfonamides is 1. The Hall–Kier alpha value is -1.64. The third kappa shape index (κ3) is 4.02. The van der Waals surface area contributed by atoms with Gasteiger partial charge in [-0.3, -0.25) is 9.10 Å². The smallest absolute Gasteiger partial charge is 0.251 e. The van der Waals surface area contributed by atoms with E-state index in [4.69, 9.17) is 4.74 Å². The minimum absolute atomic E-state index is 0.0283. The van der Waals surface area contributed by atoms with Crippen molar-refractivity contribution < 1.29 is 17.9 Å². The molecule has 1 aromatic rings. The van der Waals surface area contributed by atoms with Crippen LogP contribution in [-0.4, -0.2) is 60.5 Å². The molecule has 0 aromatic heterocycles. The Morgan fingerprint density at radius 3 is 2.73 bits per heavy atom. The van der Waals surface area contributed by atoms with Crippen LogP contribution in [0.1, 0.15) is 28.8 Å². The summed E-state index contributed by atoms with van der Waals surface area (Å²) in [5.74, 6) is -0.125. The van der Waals surface area contributed by atoms with Gasteiger partial charge in [0, 0.05) is 31.2 Å². The van der Waals surface area contributed by atoms with Gasteiger partial charge < -0.3 is 15.4 Å². The number of carbonyl (C=O) groups excluding carboxylic acids is 1. The standard InChI is InChI=1S/C18H27N3O4S/c1-25-13-18(6-8-19-9-7-18)12-20-17(22)15-3-4-16-14(11-15)5-10-21(16)26(2,23)24/h3-4,11,19H,5-10,12-13H2,1-2H3,(H,20,22). The van der Waals surface area contributed by atoms with Gasteiger partial charge in [-0.05, 0) is 56.1 Å². The number of anilines is 1. The van der Waals surface area contributed by atoms with Crippen LogP contribution in [0, 0.1) is 5.41 Å². The maximum absolute atomic E-state index is 12.6. The molecule has 1 aromatic carbocycles. The fourth-order valence-corrected chi connectivity index (χ4v) is 4.82. The van der Waals surface area contributed by atoms with Gasteiger partial charge in [0.2, 0.25) is 10.0 Å². The maximum Gasteiger partial charge on any atom is 0.251 e. The van der Waals surface area contributed by atoms with Crippen molar-refractivity contribution in [2.24, 2.45) is 5.41 Å². The summed E-state index contributed by atoms with van der Waals surface area (Å²) >= 11 is 0. The van der Waals surface area contributed by atoms with E-state index in [-0.39, 0.29) is 11.3 Å². The monoisotopic (exact) mass is 381 g/mol. The lowest BCUT2D eigenvalue weighted by Crippen LogP contribution is -2.47. The molecule has 0 bridgehead atoms. The summed E-state index contributed by atoms with van der Waals surface area (Å²) in [6, 6.07) is 5.23. The lowest BCUT2D eigenvalue weighted by molar-refractivity contribution is 0.0511. The summed E-state index contributed by atoms with van der Waals surface area (Å²) in [6.07, 6.45) is 3.77. The number of carbonyl (C=O) groups is 1. The minimum atomic E-state index is -3.28. The van der Waals surface area contributed by atoms with Gasteiger partial charge >= 0.3 is 0 Å². The molecule has 0 radical (unpaired) electrons. The van der Waals surface area contributed by atoms with E-state index in [1.807, 2.05) is 0 Å². The summed E-state index contributed by atoms with van der Waals surface area (Å²) in [5, 5.41) is 6.39. The van der Waals surface area contributed by atoms with Crippen LogP contribution in [0.5, 0.6) is 0 Å². The molecule has 0 atom stereocenters. The number of hydrogen-bond acceptors (Lipinski definition) is 5.